The maximum Gasteiger partial charge on any atom is 0.221 e. The maximum atomic E-state index is 12.0. The summed E-state index contributed by atoms with van der Waals surface area (Å²) >= 11 is 0. The zero-order valence-corrected chi connectivity index (χ0v) is 15.8. The molecule has 5 heteroatoms. The molecule has 2 fully saturated rings. The van der Waals surface area contributed by atoms with Crippen molar-refractivity contribution in [1.29, 1.82) is 0 Å². The van der Waals surface area contributed by atoms with Crippen LogP contribution in [0.1, 0.15) is 64.7 Å². The van der Waals surface area contributed by atoms with E-state index in [1.54, 1.807) is 0 Å². The van der Waals surface area contributed by atoms with Gasteiger partial charge < -0.3 is 15.5 Å². The van der Waals surface area contributed by atoms with Crippen molar-refractivity contribution in [3.63, 3.8) is 0 Å². The Kier molecular flexibility index (Phi) is 7.86. The van der Waals surface area contributed by atoms with E-state index >= 15 is 0 Å². The molecule has 0 saturated heterocycles. The van der Waals surface area contributed by atoms with E-state index in [4.69, 9.17) is 0 Å². The van der Waals surface area contributed by atoms with Gasteiger partial charge in [0, 0.05) is 39.6 Å². The lowest BCUT2D eigenvalue weighted by molar-refractivity contribution is -0.121. The minimum atomic E-state index is 0.161. The van der Waals surface area contributed by atoms with E-state index in [0.717, 1.165) is 37.2 Å². The molecule has 0 aliphatic heterocycles. The molecule has 138 valence electrons. The first-order chi connectivity index (χ1) is 11.6. The zero-order chi connectivity index (χ0) is 17.4. The van der Waals surface area contributed by atoms with Crippen LogP contribution in [0.5, 0.6) is 0 Å². The van der Waals surface area contributed by atoms with Crippen LogP contribution in [0.4, 0.5) is 0 Å². The van der Waals surface area contributed by atoms with Crippen molar-refractivity contribution in [2.75, 3.05) is 27.2 Å². The highest BCUT2D eigenvalue weighted by Gasteiger charge is 2.21. The molecule has 0 aromatic heterocycles. The molecule has 2 aliphatic carbocycles. The summed E-state index contributed by atoms with van der Waals surface area (Å²) in [6.07, 6.45) is 10.7. The molecular formula is C19H36N4O. The van der Waals surface area contributed by atoms with Crippen LogP contribution in [0.15, 0.2) is 4.99 Å². The van der Waals surface area contributed by atoms with Crippen LogP contribution >= 0.6 is 0 Å². The fourth-order valence-corrected chi connectivity index (χ4v) is 4.03. The molecule has 0 aromatic carbocycles. The second-order valence-electron chi connectivity index (χ2n) is 7.78. The first kappa shape index (κ1) is 19.1. The van der Waals surface area contributed by atoms with Gasteiger partial charge >= 0.3 is 0 Å². The Morgan fingerprint density at radius 2 is 1.79 bits per heavy atom. The monoisotopic (exact) mass is 336 g/mol. The summed E-state index contributed by atoms with van der Waals surface area (Å²) < 4.78 is 0. The molecule has 5 nitrogen and oxygen atoms in total. The van der Waals surface area contributed by atoms with E-state index in [1.807, 2.05) is 7.05 Å². The molecule has 2 rings (SSSR count). The van der Waals surface area contributed by atoms with Crippen LogP contribution in [0.3, 0.4) is 0 Å². The number of guanidine groups is 1. The molecule has 0 unspecified atom stereocenters. The Morgan fingerprint density at radius 1 is 1.12 bits per heavy atom. The summed E-state index contributed by atoms with van der Waals surface area (Å²) in [5.41, 5.74) is 0. The molecule has 24 heavy (non-hydrogen) atoms. The summed E-state index contributed by atoms with van der Waals surface area (Å²) in [6.45, 7) is 4.06. The molecule has 0 atom stereocenters. The summed E-state index contributed by atoms with van der Waals surface area (Å²) in [5, 5.41) is 6.48. The van der Waals surface area contributed by atoms with Gasteiger partial charge in [-0.3, -0.25) is 9.79 Å². The van der Waals surface area contributed by atoms with Crippen LogP contribution in [-0.4, -0.2) is 50.0 Å². The fourth-order valence-electron chi connectivity index (χ4n) is 4.03. The van der Waals surface area contributed by atoms with Gasteiger partial charge in [0.1, 0.15) is 0 Å². The number of hydrogen-bond donors (Lipinski definition) is 2. The van der Waals surface area contributed by atoms with Crippen LogP contribution in [0, 0.1) is 11.8 Å². The minimum absolute atomic E-state index is 0.161. The molecule has 0 radical (unpaired) electrons. The molecule has 1 amide bonds. The van der Waals surface area contributed by atoms with Crippen LogP contribution in [0.2, 0.25) is 0 Å². The van der Waals surface area contributed by atoms with E-state index < -0.39 is 0 Å². The Hall–Kier alpha value is -1.26. The van der Waals surface area contributed by atoms with Crippen molar-refractivity contribution >= 4 is 11.9 Å². The maximum absolute atomic E-state index is 12.0. The minimum Gasteiger partial charge on any atom is -0.356 e. The number of amides is 1. The Labute approximate surface area is 147 Å². The lowest BCUT2D eigenvalue weighted by atomic mass is 9.83. The van der Waals surface area contributed by atoms with Gasteiger partial charge in [-0.05, 0) is 37.5 Å². The van der Waals surface area contributed by atoms with Gasteiger partial charge in [0.25, 0.3) is 0 Å². The van der Waals surface area contributed by atoms with E-state index in [1.165, 1.54) is 38.5 Å². The Morgan fingerprint density at radius 3 is 2.42 bits per heavy atom. The number of rotatable bonds is 6. The van der Waals surface area contributed by atoms with Gasteiger partial charge in [-0.2, -0.15) is 0 Å². The summed E-state index contributed by atoms with van der Waals surface area (Å²) in [7, 11) is 3.92. The standard InChI is InChI=1S/C19H36N4O/c1-15-8-10-16(11-9-15)14-23(3)19(20-2)21-13-12-18(24)22-17-6-4-5-7-17/h15-17H,4-14H2,1-3H3,(H,20,21)(H,22,24). The van der Waals surface area contributed by atoms with Crippen molar-refractivity contribution < 1.29 is 4.79 Å². The molecule has 0 bridgehead atoms. The number of carbonyl (C=O) groups is 1. The van der Waals surface area contributed by atoms with Gasteiger partial charge in [-0.15, -0.1) is 0 Å². The quantitative estimate of drug-likeness (QED) is 0.579. The largest absolute Gasteiger partial charge is 0.356 e. The summed E-state index contributed by atoms with van der Waals surface area (Å²) in [5.74, 6) is 2.73. The third-order valence-corrected chi connectivity index (χ3v) is 5.60. The molecule has 2 N–H and O–H groups in total. The highest BCUT2D eigenvalue weighted by molar-refractivity contribution is 5.81. The zero-order valence-electron chi connectivity index (χ0n) is 15.8. The lowest BCUT2D eigenvalue weighted by Crippen LogP contribution is -2.43. The van der Waals surface area contributed by atoms with Crippen LogP contribution in [-0.2, 0) is 4.79 Å². The average molecular weight is 337 g/mol. The second kappa shape index (κ2) is 9.90. The van der Waals surface area contributed by atoms with Crippen molar-refractivity contribution in [2.45, 2.75) is 70.8 Å². The Balaban J connectivity index is 1.64. The SMILES string of the molecule is CN=C(NCCC(=O)NC1CCCC1)N(C)CC1CCC(C)CC1. The van der Waals surface area contributed by atoms with Crippen LogP contribution in [0.25, 0.3) is 0 Å². The van der Waals surface area contributed by atoms with Gasteiger partial charge in [0.05, 0.1) is 0 Å². The van der Waals surface area contributed by atoms with Crippen molar-refractivity contribution in [3.05, 3.63) is 0 Å². The van der Waals surface area contributed by atoms with Gasteiger partial charge in [-0.1, -0.05) is 32.6 Å². The first-order valence-electron chi connectivity index (χ1n) is 9.79. The average Bonchev–Trinajstić information content (AvgIpc) is 3.06. The summed E-state index contributed by atoms with van der Waals surface area (Å²) in [4.78, 5) is 18.6. The molecule has 0 aromatic rings. The first-order valence-corrected chi connectivity index (χ1v) is 9.79. The van der Waals surface area contributed by atoms with Gasteiger partial charge in [0.15, 0.2) is 5.96 Å². The predicted octanol–water partition coefficient (Wildman–Crippen LogP) is 2.77. The van der Waals surface area contributed by atoms with E-state index in [9.17, 15) is 4.79 Å². The second-order valence-corrected chi connectivity index (χ2v) is 7.78. The number of nitrogens with zero attached hydrogens (tertiary/aromatic N) is 2. The molecule has 0 spiro atoms. The van der Waals surface area contributed by atoms with Crippen molar-refractivity contribution in [2.24, 2.45) is 16.8 Å². The van der Waals surface area contributed by atoms with E-state index in [2.05, 4.69) is 34.5 Å². The molecule has 2 aliphatic rings. The third kappa shape index (κ3) is 6.33. The van der Waals surface area contributed by atoms with E-state index in [0.29, 0.717) is 19.0 Å². The van der Waals surface area contributed by atoms with Crippen molar-refractivity contribution in [3.8, 4) is 0 Å². The highest BCUT2D eigenvalue weighted by atomic mass is 16.1. The third-order valence-electron chi connectivity index (χ3n) is 5.60. The number of aliphatic imine (C=N–C) groups is 1. The highest BCUT2D eigenvalue weighted by Crippen LogP contribution is 2.28. The molecule has 0 heterocycles. The summed E-state index contributed by atoms with van der Waals surface area (Å²) in [6, 6.07) is 0.410. The van der Waals surface area contributed by atoms with Gasteiger partial charge in [0.2, 0.25) is 5.91 Å². The lowest BCUT2D eigenvalue weighted by Gasteiger charge is -2.31. The van der Waals surface area contributed by atoms with Crippen LogP contribution < -0.4 is 10.6 Å². The number of nitrogens with one attached hydrogen (secondary N) is 2. The Bertz CT molecular complexity index is 410. The van der Waals surface area contributed by atoms with Crippen molar-refractivity contribution in [1.82, 2.24) is 15.5 Å². The number of hydrogen-bond acceptors (Lipinski definition) is 2. The van der Waals surface area contributed by atoms with E-state index in [-0.39, 0.29) is 5.91 Å². The smallest absolute Gasteiger partial charge is 0.221 e. The molecule has 2 saturated carbocycles. The molecular weight excluding hydrogens is 300 g/mol. The predicted molar refractivity (Wildman–Crippen MR) is 100 cm³/mol. The van der Waals surface area contributed by atoms with Gasteiger partial charge in [-0.25, -0.2) is 0 Å². The number of carbonyl (C=O) groups excluding carboxylic acids is 1. The normalized spacial score (nSPS) is 25.5. The fraction of sp³-hybridized carbons (Fsp3) is 0.895. The topological polar surface area (TPSA) is 56.7 Å².